The third kappa shape index (κ3) is 7.16. The number of piperazine rings is 1. The number of guanidine groups is 1. The van der Waals surface area contributed by atoms with Gasteiger partial charge in [-0.1, -0.05) is 19.1 Å². The van der Waals surface area contributed by atoms with Gasteiger partial charge in [0.25, 0.3) is 0 Å². The third-order valence-corrected chi connectivity index (χ3v) is 5.31. The van der Waals surface area contributed by atoms with Crippen LogP contribution < -0.4 is 10.1 Å². The molecular weight excluding hydrogens is 524 g/mol. The summed E-state index contributed by atoms with van der Waals surface area (Å²) in [5.41, 5.74) is 0.950. The van der Waals surface area contributed by atoms with Crippen LogP contribution in [0.1, 0.15) is 18.3 Å². The van der Waals surface area contributed by atoms with Crippen LogP contribution in [0.25, 0.3) is 0 Å². The number of nitrogens with zero attached hydrogens (tertiary/aromatic N) is 6. The quantitative estimate of drug-likeness (QED) is 0.221. The molecule has 3 rings (SSSR count). The van der Waals surface area contributed by atoms with Crippen LogP contribution in [0.15, 0.2) is 42.2 Å². The largest absolute Gasteiger partial charge is 0.494 e. The lowest BCUT2D eigenvalue weighted by molar-refractivity contribution is 0.172. The second kappa shape index (κ2) is 13.4. The number of aromatic nitrogens is 3. The van der Waals surface area contributed by atoms with E-state index in [-0.39, 0.29) is 35.5 Å². The zero-order chi connectivity index (χ0) is 22.1. The fraction of sp³-hybridized carbons (Fsp3) is 0.500. The summed E-state index contributed by atoms with van der Waals surface area (Å²) in [4.78, 5) is 9.39. The maximum Gasteiger partial charge on any atom is 0.194 e. The summed E-state index contributed by atoms with van der Waals surface area (Å²) in [5.74, 6) is 1.82. The number of nitrogens with one attached hydrogen (secondary N) is 1. The minimum atomic E-state index is -0.319. The van der Waals surface area contributed by atoms with Crippen LogP contribution in [0, 0.1) is 5.82 Å². The molecule has 1 aliphatic heterocycles. The molecule has 32 heavy (non-hydrogen) atoms. The fourth-order valence-electron chi connectivity index (χ4n) is 3.62. The Bertz CT molecular complexity index is 881. The standard InChI is InChI=1S/C22H32FN7O.HI/c1-4-8-24-22(25-9-10-30-17-26-27-21(30)5-2)29-13-11-28(12-14-29)16-18-6-7-20(31-3)19(23)15-18;/h4,6-7,15,17H,1,5,8-14,16H2,2-3H3,(H,24,25);1H. The van der Waals surface area contributed by atoms with Crippen molar-refractivity contribution in [1.82, 2.24) is 29.9 Å². The van der Waals surface area contributed by atoms with Crippen molar-refractivity contribution in [3.05, 3.63) is 54.4 Å². The molecule has 0 radical (unpaired) electrons. The fourth-order valence-corrected chi connectivity index (χ4v) is 3.62. The van der Waals surface area contributed by atoms with Crippen LogP contribution in [0.5, 0.6) is 5.75 Å². The van der Waals surface area contributed by atoms with Crippen LogP contribution in [0.2, 0.25) is 0 Å². The van der Waals surface area contributed by atoms with Gasteiger partial charge in [0.05, 0.1) is 13.7 Å². The van der Waals surface area contributed by atoms with Crippen molar-refractivity contribution in [2.75, 3.05) is 46.4 Å². The van der Waals surface area contributed by atoms with Crippen molar-refractivity contribution in [2.24, 2.45) is 4.99 Å². The monoisotopic (exact) mass is 557 g/mol. The number of aryl methyl sites for hydroxylation is 1. The number of halogens is 2. The Balaban J connectivity index is 0.00000363. The first-order chi connectivity index (χ1) is 15.1. The zero-order valence-electron chi connectivity index (χ0n) is 18.8. The summed E-state index contributed by atoms with van der Waals surface area (Å²) in [6, 6.07) is 5.16. The van der Waals surface area contributed by atoms with E-state index in [4.69, 9.17) is 9.73 Å². The minimum Gasteiger partial charge on any atom is -0.494 e. The Morgan fingerprint density at radius 2 is 2.09 bits per heavy atom. The first-order valence-electron chi connectivity index (χ1n) is 10.7. The molecule has 1 aliphatic rings. The minimum absolute atomic E-state index is 0. The number of hydrogen-bond acceptors (Lipinski definition) is 5. The van der Waals surface area contributed by atoms with Gasteiger partial charge in [-0.25, -0.2) is 4.39 Å². The molecule has 1 fully saturated rings. The lowest BCUT2D eigenvalue weighted by Gasteiger charge is -2.36. The molecule has 1 aromatic carbocycles. The third-order valence-electron chi connectivity index (χ3n) is 5.31. The van der Waals surface area contributed by atoms with Gasteiger partial charge < -0.3 is 19.5 Å². The maximum atomic E-state index is 14.0. The van der Waals surface area contributed by atoms with E-state index in [1.165, 1.54) is 7.11 Å². The van der Waals surface area contributed by atoms with E-state index in [2.05, 4.69) is 38.8 Å². The number of benzene rings is 1. The van der Waals surface area contributed by atoms with E-state index in [1.54, 1.807) is 18.5 Å². The van der Waals surface area contributed by atoms with E-state index >= 15 is 0 Å². The molecule has 8 nitrogen and oxygen atoms in total. The Hall–Kier alpha value is -2.21. The lowest BCUT2D eigenvalue weighted by atomic mass is 10.2. The molecule has 2 aromatic rings. The predicted octanol–water partition coefficient (Wildman–Crippen LogP) is 2.56. The zero-order valence-corrected chi connectivity index (χ0v) is 21.2. The van der Waals surface area contributed by atoms with Crippen LogP contribution in [0.3, 0.4) is 0 Å². The van der Waals surface area contributed by atoms with Gasteiger partial charge in [-0.2, -0.15) is 0 Å². The SMILES string of the molecule is C=CCNC(=NCCn1cnnc1CC)N1CCN(Cc2ccc(OC)c(F)c2)CC1.I. The van der Waals surface area contributed by atoms with Crippen molar-refractivity contribution in [2.45, 2.75) is 26.4 Å². The highest BCUT2D eigenvalue weighted by molar-refractivity contribution is 14.0. The molecule has 10 heteroatoms. The van der Waals surface area contributed by atoms with Crippen molar-refractivity contribution in [3.8, 4) is 5.75 Å². The van der Waals surface area contributed by atoms with Crippen molar-refractivity contribution in [1.29, 1.82) is 0 Å². The van der Waals surface area contributed by atoms with Gasteiger partial charge in [-0.05, 0) is 17.7 Å². The van der Waals surface area contributed by atoms with E-state index in [0.717, 1.165) is 63.0 Å². The molecule has 0 unspecified atom stereocenters. The predicted molar refractivity (Wildman–Crippen MR) is 135 cm³/mol. The van der Waals surface area contributed by atoms with Crippen LogP contribution in [-0.2, 0) is 19.5 Å². The van der Waals surface area contributed by atoms with E-state index in [1.807, 2.05) is 16.7 Å². The topological polar surface area (TPSA) is 70.8 Å². The van der Waals surface area contributed by atoms with Gasteiger partial charge in [0.15, 0.2) is 17.5 Å². The molecule has 0 saturated carbocycles. The number of methoxy groups -OCH3 is 1. The van der Waals surface area contributed by atoms with Crippen molar-refractivity contribution >= 4 is 29.9 Å². The molecule has 0 atom stereocenters. The number of aliphatic imine (C=N–C) groups is 1. The van der Waals surface area contributed by atoms with E-state index in [9.17, 15) is 4.39 Å². The van der Waals surface area contributed by atoms with Crippen LogP contribution >= 0.6 is 24.0 Å². The molecular formula is C22H33FIN7O. The average Bonchev–Trinajstić information content (AvgIpc) is 3.24. The number of ether oxygens (including phenoxy) is 1. The molecule has 0 aliphatic carbocycles. The van der Waals surface area contributed by atoms with E-state index in [0.29, 0.717) is 13.1 Å². The highest BCUT2D eigenvalue weighted by Crippen LogP contribution is 2.19. The number of rotatable bonds is 9. The summed E-state index contributed by atoms with van der Waals surface area (Å²) in [6.07, 6.45) is 4.44. The van der Waals surface area contributed by atoms with Gasteiger partial charge in [0, 0.05) is 52.2 Å². The van der Waals surface area contributed by atoms with Gasteiger partial charge in [0.1, 0.15) is 12.2 Å². The second-order valence-corrected chi connectivity index (χ2v) is 7.40. The Kier molecular flexibility index (Phi) is 10.9. The van der Waals surface area contributed by atoms with E-state index < -0.39 is 0 Å². The van der Waals surface area contributed by atoms with Crippen molar-refractivity contribution in [3.63, 3.8) is 0 Å². The first kappa shape index (κ1) is 26.0. The van der Waals surface area contributed by atoms with Gasteiger partial charge in [-0.15, -0.1) is 40.8 Å². The van der Waals surface area contributed by atoms with Gasteiger partial charge >= 0.3 is 0 Å². The molecule has 1 aromatic heterocycles. The molecule has 176 valence electrons. The molecule has 2 heterocycles. The highest BCUT2D eigenvalue weighted by Gasteiger charge is 2.20. The highest BCUT2D eigenvalue weighted by atomic mass is 127. The van der Waals surface area contributed by atoms with Gasteiger partial charge in [-0.3, -0.25) is 9.89 Å². The first-order valence-corrected chi connectivity index (χ1v) is 10.7. The van der Waals surface area contributed by atoms with Crippen LogP contribution in [0.4, 0.5) is 4.39 Å². The molecule has 0 spiro atoms. The normalized spacial score (nSPS) is 14.7. The molecule has 1 N–H and O–H groups in total. The smallest absolute Gasteiger partial charge is 0.194 e. The second-order valence-electron chi connectivity index (χ2n) is 7.40. The summed E-state index contributed by atoms with van der Waals surface area (Å²) >= 11 is 0. The summed E-state index contributed by atoms with van der Waals surface area (Å²) < 4.78 is 21.0. The average molecular weight is 557 g/mol. The Morgan fingerprint density at radius 3 is 2.75 bits per heavy atom. The maximum absolute atomic E-state index is 14.0. The summed E-state index contributed by atoms with van der Waals surface area (Å²) in [7, 11) is 1.48. The molecule has 0 bridgehead atoms. The Labute approximate surface area is 206 Å². The van der Waals surface area contributed by atoms with Gasteiger partial charge in [0.2, 0.25) is 0 Å². The van der Waals surface area contributed by atoms with Crippen molar-refractivity contribution < 1.29 is 9.13 Å². The summed E-state index contributed by atoms with van der Waals surface area (Å²) in [6.45, 7) is 12.1. The summed E-state index contributed by atoms with van der Waals surface area (Å²) in [5, 5.41) is 11.5. The lowest BCUT2D eigenvalue weighted by Crippen LogP contribution is -2.52. The molecule has 1 saturated heterocycles. The van der Waals surface area contributed by atoms with Crippen LogP contribution in [-0.4, -0.2) is 76.9 Å². The molecule has 0 amide bonds. The number of hydrogen-bond donors (Lipinski definition) is 1. The Morgan fingerprint density at radius 1 is 1.31 bits per heavy atom.